The van der Waals surface area contributed by atoms with Gasteiger partial charge in [0, 0.05) is 24.4 Å². The number of aromatic nitrogens is 2. The minimum absolute atomic E-state index is 0.158. The number of ether oxygens (including phenoxy) is 1. The highest BCUT2D eigenvalue weighted by Gasteiger charge is 2.09. The first-order chi connectivity index (χ1) is 13.5. The number of carbonyl (C=O) groups excluding carboxylic acids is 1. The summed E-state index contributed by atoms with van der Waals surface area (Å²) in [7, 11) is 1.60. The van der Waals surface area contributed by atoms with Crippen molar-refractivity contribution in [2.75, 3.05) is 19.0 Å². The Balaban J connectivity index is 1.59. The van der Waals surface area contributed by atoms with Gasteiger partial charge in [0.25, 0.3) is 5.91 Å². The maximum atomic E-state index is 13.3. The van der Waals surface area contributed by atoms with Gasteiger partial charge in [0.1, 0.15) is 23.6 Å². The molecule has 0 spiro atoms. The van der Waals surface area contributed by atoms with Gasteiger partial charge in [-0.05, 0) is 36.2 Å². The lowest BCUT2D eigenvalue weighted by Gasteiger charge is -2.08. The Labute approximate surface area is 160 Å². The Morgan fingerprint density at radius 3 is 2.71 bits per heavy atom. The summed E-state index contributed by atoms with van der Waals surface area (Å²) in [6.45, 7) is 0.419. The standard InChI is InChI=1S/C20H18F2N4O2/c1-28-15-4-2-3-13(9-15)7-8-23-20(27)18-11-19(25-12-24-18)26-14-5-6-16(21)17(22)10-14/h2-6,9-12H,7-8H2,1H3,(H,23,27)(H,24,25,26). The molecule has 1 aromatic heterocycles. The van der Waals surface area contributed by atoms with Crippen LogP contribution in [0.1, 0.15) is 16.1 Å². The zero-order valence-electron chi connectivity index (χ0n) is 15.1. The second-order valence-corrected chi connectivity index (χ2v) is 5.90. The van der Waals surface area contributed by atoms with Crippen LogP contribution in [0.4, 0.5) is 20.3 Å². The molecule has 6 nitrogen and oxygen atoms in total. The van der Waals surface area contributed by atoms with E-state index < -0.39 is 11.6 Å². The number of amides is 1. The van der Waals surface area contributed by atoms with Crippen LogP contribution in [0.15, 0.2) is 54.9 Å². The molecular formula is C20H18F2N4O2. The third-order valence-electron chi connectivity index (χ3n) is 3.93. The fourth-order valence-electron chi connectivity index (χ4n) is 2.51. The molecule has 0 aliphatic heterocycles. The van der Waals surface area contributed by atoms with E-state index in [0.717, 1.165) is 23.4 Å². The number of nitrogens with zero attached hydrogens (tertiary/aromatic N) is 2. The predicted octanol–water partition coefficient (Wildman–Crippen LogP) is 3.48. The topological polar surface area (TPSA) is 76.1 Å². The van der Waals surface area contributed by atoms with Crippen molar-refractivity contribution in [2.24, 2.45) is 0 Å². The van der Waals surface area contributed by atoms with Gasteiger partial charge in [0.15, 0.2) is 11.6 Å². The Hall–Kier alpha value is -3.55. The predicted molar refractivity (Wildman–Crippen MR) is 101 cm³/mol. The van der Waals surface area contributed by atoms with Gasteiger partial charge < -0.3 is 15.4 Å². The van der Waals surface area contributed by atoms with Crippen LogP contribution in [0, 0.1) is 11.6 Å². The summed E-state index contributed by atoms with van der Waals surface area (Å²) in [5.74, 6) is -1.23. The maximum absolute atomic E-state index is 13.3. The van der Waals surface area contributed by atoms with Crippen molar-refractivity contribution in [3.63, 3.8) is 0 Å². The number of halogens is 2. The number of hydrogen-bond donors (Lipinski definition) is 2. The van der Waals surface area contributed by atoms with Gasteiger partial charge in [-0.25, -0.2) is 18.7 Å². The number of nitrogens with one attached hydrogen (secondary N) is 2. The molecule has 0 aliphatic carbocycles. The lowest BCUT2D eigenvalue weighted by Crippen LogP contribution is -2.26. The van der Waals surface area contributed by atoms with Crippen molar-refractivity contribution in [1.82, 2.24) is 15.3 Å². The van der Waals surface area contributed by atoms with Gasteiger partial charge in [0.05, 0.1) is 7.11 Å². The van der Waals surface area contributed by atoms with Crippen LogP contribution in [0.5, 0.6) is 5.75 Å². The van der Waals surface area contributed by atoms with Crippen molar-refractivity contribution >= 4 is 17.4 Å². The third-order valence-corrected chi connectivity index (χ3v) is 3.93. The van der Waals surface area contributed by atoms with E-state index in [2.05, 4.69) is 20.6 Å². The molecule has 144 valence electrons. The van der Waals surface area contributed by atoms with Crippen LogP contribution in [-0.4, -0.2) is 29.5 Å². The Morgan fingerprint density at radius 1 is 1.07 bits per heavy atom. The van der Waals surface area contributed by atoms with Crippen molar-refractivity contribution in [3.8, 4) is 5.75 Å². The number of rotatable bonds is 7. The Bertz CT molecular complexity index is 982. The van der Waals surface area contributed by atoms with E-state index in [1.807, 2.05) is 24.3 Å². The number of hydrogen-bond acceptors (Lipinski definition) is 5. The monoisotopic (exact) mass is 384 g/mol. The van der Waals surface area contributed by atoms with Crippen LogP contribution in [0.2, 0.25) is 0 Å². The summed E-state index contributed by atoms with van der Waals surface area (Å²) in [6, 6.07) is 12.4. The quantitative estimate of drug-likeness (QED) is 0.652. The van der Waals surface area contributed by atoms with Crippen LogP contribution in [0.3, 0.4) is 0 Å². The van der Waals surface area contributed by atoms with Gasteiger partial charge in [-0.1, -0.05) is 12.1 Å². The van der Waals surface area contributed by atoms with E-state index in [0.29, 0.717) is 24.5 Å². The van der Waals surface area contributed by atoms with Crippen LogP contribution >= 0.6 is 0 Å². The SMILES string of the molecule is COc1cccc(CCNC(=O)c2cc(Nc3ccc(F)c(F)c3)ncn2)c1. The summed E-state index contributed by atoms with van der Waals surface area (Å²) in [4.78, 5) is 20.2. The van der Waals surface area contributed by atoms with Crippen molar-refractivity contribution in [3.05, 3.63) is 77.8 Å². The number of carbonyl (C=O) groups is 1. The van der Waals surface area contributed by atoms with Crippen molar-refractivity contribution < 1.29 is 18.3 Å². The summed E-state index contributed by atoms with van der Waals surface area (Å²) in [5.41, 5.74) is 1.50. The van der Waals surface area contributed by atoms with Gasteiger partial charge in [0.2, 0.25) is 0 Å². The third kappa shape index (κ3) is 5.00. The van der Waals surface area contributed by atoms with E-state index >= 15 is 0 Å². The first kappa shape index (κ1) is 19.2. The molecule has 3 aromatic rings. The number of benzene rings is 2. The molecule has 0 atom stereocenters. The molecular weight excluding hydrogens is 366 g/mol. The molecule has 0 radical (unpaired) electrons. The maximum Gasteiger partial charge on any atom is 0.270 e. The molecule has 0 bridgehead atoms. The summed E-state index contributed by atoms with van der Waals surface area (Å²) < 4.78 is 31.5. The molecule has 0 saturated heterocycles. The fourth-order valence-corrected chi connectivity index (χ4v) is 2.51. The molecule has 28 heavy (non-hydrogen) atoms. The first-order valence-corrected chi connectivity index (χ1v) is 8.50. The fraction of sp³-hybridized carbons (Fsp3) is 0.150. The average molecular weight is 384 g/mol. The molecule has 8 heteroatoms. The molecule has 1 amide bonds. The van der Waals surface area contributed by atoms with Gasteiger partial charge in [-0.2, -0.15) is 0 Å². The highest BCUT2D eigenvalue weighted by Crippen LogP contribution is 2.17. The van der Waals surface area contributed by atoms with E-state index in [4.69, 9.17) is 4.74 Å². The van der Waals surface area contributed by atoms with Crippen LogP contribution < -0.4 is 15.4 Å². The molecule has 0 fully saturated rings. The summed E-state index contributed by atoms with van der Waals surface area (Å²) in [5, 5.41) is 5.60. The van der Waals surface area contributed by atoms with Crippen molar-refractivity contribution in [1.29, 1.82) is 0 Å². The zero-order chi connectivity index (χ0) is 19.9. The second-order valence-electron chi connectivity index (χ2n) is 5.90. The molecule has 2 N–H and O–H groups in total. The average Bonchev–Trinajstić information content (AvgIpc) is 2.71. The highest BCUT2D eigenvalue weighted by molar-refractivity contribution is 5.92. The lowest BCUT2D eigenvalue weighted by molar-refractivity contribution is 0.0949. The van der Waals surface area contributed by atoms with Crippen LogP contribution in [-0.2, 0) is 6.42 Å². The van der Waals surface area contributed by atoms with E-state index in [-0.39, 0.29) is 11.6 Å². The molecule has 3 rings (SSSR count). The van der Waals surface area contributed by atoms with Gasteiger partial charge >= 0.3 is 0 Å². The van der Waals surface area contributed by atoms with E-state index in [9.17, 15) is 13.6 Å². The minimum Gasteiger partial charge on any atom is -0.497 e. The molecule has 0 saturated carbocycles. The van der Waals surface area contributed by atoms with E-state index in [1.54, 1.807) is 7.11 Å². The Kier molecular flexibility index (Phi) is 6.11. The largest absolute Gasteiger partial charge is 0.497 e. The molecule has 2 aromatic carbocycles. The molecule has 0 unspecified atom stereocenters. The van der Waals surface area contributed by atoms with E-state index in [1.165, 1.54) is 18.5 Å². The minimum atomic E-state index is -0.977. The normalized spacial score (nSPS) is 10.4. The van der Waals surface area contributed by atoms with Gasteiger partial charge in [-0.15, -0.1) is 0 Å². The number of anilines is 2. The molecule has 1 heterocycles. The smallest absolute Gasteiger partial charge is 0.270 e. The highest BCUT2D eigenvalue weighted by atomic mass is 19.2. The molecule has 0 aliphatic rings. The van der Waals surface area contributed by atoms with Crippen molar-refractivity contribution in [2.45, 2.75) is 6.42 Å². The zero-order valence-corrected chi connectivity index (χ0v) is 15.1. The first-order valence-electron chi connectivity index (χ1n) is 8.50. The lowest BCUT2D eigenvalue weighted by atomic mass is 10.1. The second kappa shape index (κ2) is 8.90. The Morgan fingerprint density at radius 2 is 1.93 bits per heavy atom. The van der Waals surface area contributed by atoms with Crippen LogP contribution in [0.25, 0.3) is 0 Å². The number of methoxy groups -OCH3 is 1. The summed E-state index contributed by atoms with van der Waals surface area (Å²) >= 11 is 0. The van der Waals surface area contributed by atoms with Gasteiger partial charge in [-0.3, -0.25) is 4.79 Å². The summed E-state index contributed by atoms with van der Waals surface area (Å²) in [6.07, 6.45) is 1.85.